The maximum atomic E-state index is 12.1. The van der Waals surface area contributed by atoms with Gasteiger partial charge in [0.25, 0.3) is 0 Å². The van der Waals surface area contributed by atoms with Gasteiger partial charge >= 0.3 is 5.97 Å². The van der Waals surface area contributed by atoms with E-state index in [-0.39, 0.29) is 18.4 Å². The third-order valence-corrected chi connectivity index (χ3v) is 4.17. The predicted molar refractivity (Wildman–Crippen MR) is 89.6 cm³/mol. The maximum absolute atomic E-state index is 12.1. The molecule has 0 unspecified atom stereocenters. The number of nitrogens with zero attached hydrogens (tertiary/aromatic N) is 1. The molecule has 120 valence electrons. The van der Waals surface area contributed by atoms with Gasteiger partial charge in [0.1, 0.15) is 0 Å². The topological polar surface area (TPSA) is 57.1 Å². The van der Waals surface area contributed by atoms with Crippen molar-refractivity contribution in [1.29, 1.82) is 0 Å². The van der Waals surface area contributed by atoms with E-state index >= 15 is 0 Å². The minimum Gasteiger partial charge on any atom is -0.454 e. The number of aliphatic imine (C=N–C) groups is 1. The molecule has 2 aliphatic rings. The van der Waals surface area contributed by atoms with Crippen molar-refractivity contribution in [3.8, 4) is 11.5 Å². The Bertz CT molecular complexity index is 921. The number of fused-ring (bicyclic) bond motifs is 1. The molecule has 0 N–H and O–H groups in total. The molecule has 0 amide bonds. The highest BCUT2D eigenvalue weighted by molar-refractivity contribution is 6.34. The van der Waals surface area contributed by atoms with Crippen LogP contribution in [0.5, 0.6) is 11.5 Å². The molecular formula is C17H9Cl2NO4. The average Bonchev–Trinajstić information content (AvgIpc) is 3.15. The van der Waals surface area contributed by atoms with E-state index < -0.39 is 5.97 Å². The van der Waals surface area contributed by atoms with Gasteiger partial charge in [-0.3, -0.25) is 0 Å². The van der Waals surface area contributed by atoms with Crippen molar-refractivity contribution < 1.29 is 19.0 Å². The lowest BCUT2D eigenvalue weighted by molar-refractivity contribution is -0.129. The molecule has 2 aromatic carbocycles. The number of halogens is 2. The van der Waals surface area contributed by atoms with Crippen molar-refractivity contribution in [3.63, 3.8) is 0 Å². The standard InChI is InChI=1S/C17H9Cl2NO4/c18-11-4-2-1-3-10(11)16-20-13(17(21)24-16)5-9-6-14-15(7-12(9)19)23-8-22-14/h1-7H,8H2/b13-5-. The molecule has 24 heavy (non-hydrogen) atoms. The van der Waals surface area contributed by atoms with Crippen molar-refractivity contribution >= 4 is 41.1 Å². The number of cyclic esters (lactones) is 1. The molecule has 0 radical (unpaired) electrons. The highest BCUT2D eigenvalue weighted by Gasteiger charge is 2.26. The number of hydrogen-bond donors (Lipinski definition) is 0. The molecule has 0 spiro atoms. The van der Waals surface area contributed by atoms with Crippen molar-refractivity contribution in [2.75, 3.05) is 6.79 Å². The molecule has 0 fully saturated rings. The van der Waals surface area contributed by atoms with Crippen LogP contribution in [0.15, 0.2) is 47.1 Å². The molecule has 4 rings (SSSR count). The average molecular weight is 362 g/mol. The second-order valence-electron chi connectivity index (χ2n) is 5.04. The van der Waals surface area contributed by atoms with Crippen LogP contribution in [0.4, 0.5) is 0 Å². The minimum absolute atomic E-state index is 0.130. The van der Waals surface area contributed by atoms with Crippen LogP contribution in [0.25, 0.3) is 6.08 Å². The van der Waals surface area contributed by atoms with Gasteiger partial charge in [-0.2, -0.15) is 0 Å². The Labute approximate surface area is 147 Å². The van der Waals surface area contributed by atoms with E-state index in [1.807, 2.05) is 0 Å². The van der Waals surface area contributed by atoms with Crippen molar-refractivity contribution in [2.24, 2.45) is 4.99 Å². The summed E-state index contributed by atoms with van der Waals surface area (Å²) in [5.74, 6) is 0.719. The third-order valence-electron chi connectivity index (χ3n) is 3.51. The normalized spacial score (nSPS) is 17.2. The molecule has 7 heteroatoms. The van der Waals surface area contributed by atoms with Crippen LogP contribution in [0.3, 0.4) is 0 Å². The van der Waals surface area contributed by atoms with E-state index in [0.717, 1.165) is 0 Å². The fourth-order valence-corrected chi connectivity index (χ4v) is 2.77. The lowest BCUT2D eigenvalue weighted by Gasteiger charge is -2.01. The first-order valence-corrected chi connectivity index (χ1v) is 7.74. The monoisotopic (exact) mass is 361 g/mol. The molecule has 0 aromatic heterocycles. The highest BCUT2D eigenvalue weighted by Crippen LogP contribution is 2.38. The van der Waals surface area contributed by atoms with Crippen LogP contribution in [-0.2, 0) is 9.53 Å². The molecule has 0 bridgehead atoms. The molecule has 0 saturated heterocycles. The lowest BCUT2D eigenvalue weighted by Crippen LogP contribution is -2.05. The van der Waals surface area contributed by atoms with Crippen LogP contribution in [0.2, 0.25) is 10.0 Å². The van der Waals surface area contributed by atoms with Crippen LogP contribution >= 0.6 is 23.2 Å². The summed E-state index contributed by atoms with van der Waals surface area (Å²) < 4.78 is 15.8. The molecule has 0 saturated carbocycles. The molecule has 5 nitrogen and oxygen atoms in total. The van der Waals surface area contributed by atoms with Gasteiger partial charge < -0.3 is 14.2 Å². The summed E-state index contributed by atoms with van der Waals surface area (Å²) in [6.07, 6.45) is 1.54. The Balaban J connectivity index is 1.73. The second-order valence-corrected chi connectivity index (χ2v) is 5.86. The van der Waals surface area contributed by atoms with E-state index in [1.54, 1.807) is 36.4 Å². The number of hydrogen-bond acceptors (Lipinski definition) is 5. The van der Waals surface area contributed by atoms with Crippen molar-refractivity contribution in [2.45, 2.75) is 0 Å². The number of rotatable bonds is 2. The van der Waals surface area contributed by atoms with Gasteiger partial charge in [-0.15, -0.1) is 0 Å². The van der Waals surface area contributed by atoms with Crippen LogP contribution in [0, 0.1) is 0 Å². The van der Waals surface area contributed by atoms with E-state index in [2.05, 4.69) is 4.99 Å². The first-order valence-electron chi connectivity index (χ1n) is 6.98. The Morgan fingerprint density at radius 1 is 1.04 bits per heavy atom. The van der Waals surface area contributed by atoms with Gasteiger partial charge in [0.15, 0.2) is 17.2 Å². The van der Waals surface area contributed by atoms with Gasteiger partial charge in [-0.05, 0) is 29.8 Å². The molecular weight excluding hydrogens is 353 g/mol. The maximum Gasteiger partial charge on any atom is 0.363 e. The molecule has 2 aromatic rings. The zero-order valence-corrected chi connectivity index (χ0v) is 13.6. The largest absolute Gasteiger partial charge is 0.454 e. The van der Waals surface area contributed by atoms with Gasteiger partial charge in [0.2, 0.25) is 12.7 Å². The molecule has 0 atom stereocenters. The molecule has 0 aliphatic carbocycles. The van der Waals surface area contributed by atoms with E-state index in [1.165, 1.54) is 6.08 Å². The lowest BCUT2D eigenvalue weighted by atomic mass is 10.1. The summed E-state index contributed by atoms with van der Waals surface area (Å²) in [5, 5.41) is 0.868. The van der Waals surface area contributed by atoms with Crippen LogP contribution < -0.4 is 9.47 Å². The fourth-order valence-electron chi connectivity index (χ4n) is 2.35. The van der Waals surface area contributed by atoms with Crippen molar-refractivity contribution in [1.82, 2.24) is 0 Å². The van der Waals surface area contributed by atoms with E-state index in [9.17, 15) is 4.79 Å². The van der Waals surface area contributed by atoms with E-state index in [4.69, 9.17) is 37.4 Å². The van der Waals surface area contributed by atoms with Crippen molar-refractivity contribution in [3.05, 3.63) is 63.3 Å². The fraction of sp³-hybridized carbons (Fsp3) is 0.0588. The van der Waals surface area contributed by atoms with E-state index in [0.29, 0.717) is 32.7 Å². The summed E-state index contributed by atoms with van der Waals surface area (Å²) in [7, 11) is 0. The number of carbonyl (C=O) groups is 1. The molecule has 2 heterocycles. The van der Waals surface area contributed by atoms with Crippen LogP contribution in [-0.4, -0.2) is 18.7 Å². The third kappa shape index (κ3) is 2.62. The summed E-state index contributed by atoms with van der Waals surface area (Å²) in [6.45, 7) is 0.141. The van der Waals surface area contributed by atoms with Gasteiger partial charge in [0.05, 0.1) is 15.6 Å². The summed E-state index contributed by atoms with van der Waals surface area (Å²) in [5.41, 5.74) is 1.26. The summed E-state index contributed by atoms with van der Waals surface area (Å²) >= 11 is 12.3. The summed E-state index contributed by atoms with van der Waals surface area (Å²) in [4.78, 5) is 16.3. The number of esters is 1. The van der Waals surface area contributed by atoms with Gasteiger partial charge in [-0.25, -0.2) is 9.79 Å². The zero-order chi connectivity index (χ0) is 16.7. The Kier molecular flexibility index (Phi) is 3.67. The second kappa shape index (κ2) is 5.85. The Morgan fingerprint density at radius 3 is 2.58 bits per heavy atom. The minimum atomic E-state index is -0.571. The highest BCUT2D eigenvalue weighted by atomic mass is 35.5. The first-order chi connectivity index (χ1) is 11.6. The quantitative estimate of drug-likeness (QED) is 0.597. The summed E-state index contributed by atoms with van der Waals surface area (Å²) in [6, 6.07) is 10.3. The number of carbonyl (C=O) groups excluding carboxylic acids is 1. The smallest absolute Gasteiger partial charge is 0.363 e. The number of benzene rings is 2. The molecule has 2 aliphatic heterocycles. The van der Waals surface area contributed by atoms with Crippen LogP contribution in [0.1, 0.15) is 11.1 Å². The SMILES string of the molecule is O=C1OC(c2ccccc2Cl)=N/C1=C\c1cc2c(cc1Cl)OCO2. The first kappa shape index (κ1) is 15.1. The van der Waals surface area contributed by atoms with Gasteiger partial charge in [-0.1, -0.05) is 35.3 Å². The Morgan fingerprint density at radius 2 is 1.79 bits per heavy atom. The van der Waals surface area contributed by atoms with Gasteiger partial charge in [0, 0.05) is 6.07 Å². The zero-order valence-electron chi connectivity index (χ0n) is 12.1. The Hall–Kier alpha value is -2.50. The number of ether oxygens (including phenoxy) is 3. The predicted octanol–water partition coefficient (Wildman–Crippen LogP) is 4.07.